The molecule has 1 aliphatic rings. The predicted octanol–water partition coefficient (Wildman–Crippen LogP) is 1.95. The van der Waals surface area contributed by atoms with Gasteiger partial charge in [-0.15, -0.1) is 0 Å². The number of aliphatic hydroxyl groups excluding tert-OH is 1. The second-order valence-corrected chi connectivity index (χ2v) is 6.89. The van der Waals surface area contributed by atoms with Crippen LogP contribution in [0.4, 0.5) is 0 Å². The molecule has 1 fully saturated rings. The van der Waals surface area contributed by atoms with Crippen LogP contribution >= 0.6 is 0 Å². The van der Waals surface area contributed by atoms with E-state index in [0.717, 1.165) is 19.3 Å². The van der Waals surface area contributed by atoms with Crippen molar-refractivity contribution in [1.29, 1.82) is 0 Å². The average molecular weight is 283 g/mol. The third kappa shape index (κ3) is 3.16. The standard InChI is InChI=1S/C14H21NO3S/c1-3-5-11-8-13(11)15-19(17,18)14-7-4-6-12(9-16)10(14)2/h4,6-7,11,13,15-16H,3,5,8-9H2,1-2H3. The number of rotatable bonds is 6. The fourth-order valence-corrected chi connectivity index (χ4v) is 4.07. The van der Waals surface area contributed by atoms with E-state index in [1.165, 1.54) is 0 Å². The fourth-order valence-electron chi connectivity index (χ4n) is 2.47. The molecule has 2 atom stereocenters. The Bertz CT molecular complexity index is 554. The first kappa shape index (κ1) is 14.5. The van der Waals surface area contributed by atoms with Crippen LogP contribution in [-0.2, 0) is 16.6 Å². The second kappa shape index (κ2) is 5.61. The van der Waals surface area contributed by atoms with Crippen LogP contribution in [0.3, 0.4) is 0 Å². The number of hydrogen-bond acceptors (Lipinski definition) is 3. The number of benzene rings is 1. The summed E-state index contributed by atoms with van der Waals surface area (Å²) in [7, 11) is -3.47. The highest BCUT2D eigenvalue weighted by molar-refractivity contribution is 7.89. The van der Waals surface area contributed by atoms with Gasteiger partial charge in [-0.3, -0.25) is 0 Å². The third-order valence-electron chi connectivity index (χ3n) is 3.74. The van der Waals surface area contributed by atoms with E-state index in [2.05, 4.69) is 11.6 Å². The van der Waals surface area contributed by atoms with Crippen LogP contribution in [0.25, 0.3) is 0 Å². The molecule has 1 aliphatic carbocycles. The lowest BCUT2D eigenvalue weighted by molar-refractivity contribution is 0.280. The summed E-state index contributed by atoms with van der Waals surface area (Å²) in [6.07, 6.45) is 3.09. The van der Waals surface area contributed by atoms with Gasteiger partial charge in [-0.25, -0.2) is 13.1 Å². The van der Waals surface area contributed by atoms with E-state index < -0.39 is 10.0 Å². The van der Waals surface area contributed by atoms with Crippen molar-refractivity contribution in [3.05, 3.63) is 29.3 Å². The minimum Gasteiger partial charge on any atom is -0.392 e. The van der Waals surface area contributed by atoms with E-state index in [1.54, 1.807) is 25.1 Å². The highest BCUT2D eigenvalue weighted by atomic mass is 32.2. The Morgan fingerprint density at radius 2 is 2.16 bits per heavy atom. The Labute approximate surface area is 114 Å². The summed E-state index contributed by atoms with van der Waals surface area (Å²) in [4.78, 5) is 0.279. The van der Waals surface area contributed by atoms with Gasteiger partial charge in [0.25, 0.3) is 0 Å². The Balaban J connectivity index is 2.17. The van der Waals surface area contributed by atoms with E-state index in [0.29, 0.717) is 17.0 Å². The number of sulfonamides is 1. The Kier molecular flexibility index (Phi) is 4.28. The monoisotopic (exact) mass is 283 g/mol. The van der Waals surface area contributed by atoms with Crippen LogP contribution in [-0.4, -0.2) is 19.6 Å². The zero-order valence-electron chi connectivity index (χ0n) is 11.4. The van der Waals surface area contributed by atoms with Gasteiger partial charge in [-0.1, -0.05) is 25.5 Å². The van der Waals surface area contributed by atoms with Crippen LogP contribution in [0.5, 0.6) is 0 Å². The Morgan fingerprint density at radius 3 is 2.79 bits per heavy atom. The molecule has 0 aromatic heterocycles. The number of hydrogen-bond donors (Lipinski definition) is 2. The van der Waals surface area contributed by atoms with Crippen molar-refractivity contribution in [2.75, 3.05) is 0 Å². The molecule has 106 valence electrons. The third-order valence-corrected chi connectivity index (χ3v) is 5.38. The molecule has 0 heterocycles. The minimum atomic E-state index is -3.47. The topological polar surface area (TPSA) is 66.4 Å². The summed E-state index contributed by atoms with van der Waals surface area (Å²) < 4.78 is 27.4. The van der Waals surface area contributed by atoms with Gasteiger partial charge in [0, 0.05) is 6.04 Å². The molecule has 1 aromatic rings. The summed E-state index contributed by atoms with van der Waals surface area (Å²) in [5.41, 5.74) is 1.29. The first-order valence-corrected chi connectivity index (χ1v) is 8.19. The molecule has 0 saturated heterocycles. The van der Waals surface area contributed by atoms with E-state index in [9.17, 15) is 13.5 Å². The molecule has 0 radical (unpaired) electrons. The largest absolute Gasteiger partial charge is 0.392 e. The van der Waals surface area contributed by atoms with Crippen LogP contribution in [0.15, 0.2) is 23.1 Å². The maximum Gasteiger partial charge on any atom is 0.241 e. The average Bonchev–Trinajstić information content (AvgIpc) is 3.07. The lowest BCUT2D eigenvalue weighted by Gasteiger charge is -2.11. The van der Waals surface area contributed by atoms with Gasteiger partial charge >= 0.3 is 0 Å². The molecular weight excluding hydrogens is 262 g/mol. The summed E-state index contributed by atoms with van der Waals surface area (Å²) in [6.45, 7) is 3.70. The normalized spacial score (nSPS) is 22.5. The second-order valence-electron chi connectivity index (χ2n) is 5.21. The van der Waals surface area contributed by atoms with E-state index in [1.807, 2.05) is 0 Å². The maximum atomic E-state index is 12.3. The highest BCUT2D eigenvalue weighted by Gasteiger charge is 2.39. The van der Waals surface area contributed by atoms with Crippen molar-refractivity contribution in [1.82, 2.24) is 4.72 Å². The van der Waals surface area contributed by atoms with Crippen molar-refractivity contribution in [3.63, 3.8) is 0 Å². The van der Waals surface area contributed by atoms with Gasteiger partial charge in [-0.2, -0.15) is 0 Å². The molecule has 0 amide bonds. The Morgan fingerprint density at radius 1 is 1.42 bits per heavy atom. The molecule has 0 bridgehead atoms. The van der Waals surface area contributed by atoms with Gasteiger partial charge in [0.15, 0.2) is 0 Å². The van der Waals surface area contributed by atoms with Gasteiger partial charge in [0.2, 0.25) is 10.0 Å². The summed E-state index contributed by atoms with van der Waals surface area (Å²) >= 11 is 0. The van der Waals surface area contributed by atoms with Gasteiger partial charge in [0.1, 0.15) is 0 Å². The predicted molar refractivity (Wildman–Crippen MR) is 74.2 cm³/mol. The highest BCUT2D eigenvalue weighted by Crippen LogP contribution is 2.36. The van der Waals surface area contributed by atoms with Crippen molar-refractivity contribution in [2.24, 2.45) is 5.92 Å². The van der Waals surface area contributed by atoms with Gasteiger partial charge in [0.05, 0.1) is 11.5 Å². The van der Waals surface area contributed by atoms with Crippen LogP contribution in [0.1, 0.15) is 37.3 Å². The van der Waals surface area contributed by atoms with Crippen molar-refractivity contribution >= 4 is 10.0 Å². The van der Waals surface area contributed by atoms with Crippen molar-refractivity contribution in [3.8, 4) is 0 Å². The van der Waals surface area contributed by atoms with E-state index in [4.69, 9.17) is 0 Å². The first-order chi connectivity index (χ1) is 8.99. The smallest absolute Gasteiger partial charge is 0.241 e. The molecular formula is C14H21NO3S. The fraction of sp³-hybridized carbons (Fsp3) is 0.571. The van der Waals surface area contributed by atoms with Crippen molar-refractivity contribution < 1.29 is 13.5 Å². The molecule has 2 unspecified atom stereocenters. The molecule has 19 heavy (non-hydrogen) atoms. The molecule has 1 aromatic carbocycles. The maximum absolute atomic E-state index is 12.3. The molecule has 0 spiro atoms. The van der Waals surface area contributed by atoms with Gasteiger partial charge < -0.3 is 5.11 Å². The Hall–Kier alpha value is -0.910. The summed E-state index contributed by atoms with van der Waals surface area (Å²) in [5, 5.41) is 9.20. The van der Waals surface area contributed by atoms with Crippen LogP contribution in [0, 0.1) is 12.8 Å². The van der Waals surface area contributed by atoms with Crippen molar-refractivity contribution in [2.45, 2.75) is 50.7 Å². The summed E-state index contributed by atoms with van der Waals surface area (Å²) in [6, 6.07) is 5.09. The molecule has 2 rings (SSSR count). The summed E-state index contributed by atoms with van der Waals surface area (Å²) in [5.74, 6) is 0.487. The molecule has 2 N–H and O–H groups in total. The van der Waals surface area contributed by atoms with Crippen LogP contribution < -0.4 is 4.72 Å². The minimum absolute atomic E-state index is 0.0853. The lowest BCUT2D eigenvalue weighted by atomic mass is 10.1. The van der Waals surface area contributed by atoms with E-state index >= 15 is 0 Å². The number of aliphatic hydroxyl groups is 1. The van der Waals surface area contributed by atoms with Gasteiger partial charge in [-0.05, 0) is 42.9 Å². The lowest BCUT2D eigenvalue weighted by Crippen LogP contribution is -2.28. The first-order valence-electron chi connectivity index (χ1n) is 6.71. The zero-order chi connectivity index (χ0) is 14.0. The molecule has 5 heteroatoms. The molecule has 1 saturated carbocycles. The molecule has 4 nitrogen and oxygen atoms in total. The zero-order valence-corrected chi connectivity index (χ0v) is 12.2. The quantitative estimate of drug-likeness (QED) is 0.838. The number of nitrogens with one attached hydrogen (secondary N) is 1. The van der Waals surface area contributed by atoms with Crippen LogP contribution in [0.2, 0.25) is 0 Å². The van der Waals surface area contributed by atoms with E-state index in [-0.39, 0.29) is 17.5 Å². The molecule has 0 aliphatic heterocycles. The SMILES string of the molecule is CCCC1CC1NS(=O)(=O)c1cccc(CO)c1C.